The van der Waals surface area contributed by atoms with Gasteiger partial charge in [-0.2, -0.15) is 0 Å². The second-order valence-corrected chi connectivity index (χ2v) is 9.28. The van der Waals surface area contributed by atoms with Crippen LogP contribution in [0.1, 0.15) is 37.8 Å². The number of nitrogens with zero attached hydrogens (tertiary/aromatic N) is 1. The molecule has 3 rings (SSSR count). The van der Waals surface area contributed by atoms with Crippen LogP contribution in [-0.4, -0.2) is 30.3 Å². The maximum Gasteiger partial charge on any atom is 0.268 e. The van der Waals surface area contributed by atoms with Gasteiger partial charge in [-0.3, -0.25) is 4.31 Å². The minimum atomic E-state index is -3.65. The highest BCUT2D eigenvalue weighted by atomic mass is 32.2. The van der Waals surface area contributed by atoms with Crippen molar-refractivity contribution in [1.29, 1.82) is 0 Å². The summed E-state index contributed by atoms with van der Waals surface area (Å²) in [4.78, 5) is 0.645. The lowest BCUT2D eigenvalue weighted by Crippen LogP contribution is -2.37. The van der Waals surface area contributed by atoms with E-state index in [1.54, 1.807) is 0 Å². The molecule has 0 radical (unpaired) electrons. The summed E-state index contributed by atoms with van der Waals surface area (Å²) in [7, 11) is -3.65. The Bertz CT molecular complexity index is 953. The molecule has 2 aromatic rings. The molecule has 1 N–H and O–H groups in total. The monoisotopic (exact) mass is 414 g/mol. The van der Waals surface area contributed by atoms with E-state index in [1.165, 1.54) is 9.87 Å². The lowest BCUT2D eigenvalue weighted by atomic mass is 10.1. The molecule has 1 heterocycles. The van der Waals surface area contributed by atoms with Gasteiger partial charge in [-0.1, -0.05) is 72.9 Å². The Morgan fingerprint density at radius 3 is 2.18 bits per heavy atom. The van der Waals surface area contributed by atoms with Crippen LogP contribution >= 0.6 is 12.2 Å². The molecule has 1 aliphatic heterocycles. The van der Waals surface area contributed by atoms with Crippen LogP contribution in [0.5, 0.6) is 0 Å². The Balaban J connectivity index is 1.76. The summed E-state index contributed by atoms with van der Waals surface area (Å²) in [5.74, 6) is 0. The molecule has 148 valence electrons. The van der Waals surface area contributed by atoms with Gasteiger partial charge in [0.15, 0.2) is 0 Å². The number of unbranched alkanes of at least 4 members (excludes halogenated alkanes) is 1. The topological polar surface area (TPSA) is 49.4 Å². The lowest BCUT2D eigenvalue weighted by Gasteiger charge is -2.22. The van der Waals surface area contributed by atoms with E-state index in [4.69, 9.17) is 12.2 Å². The molecule has 0 aromatic heterocycles. The van der Waals surface area contributed by atoms with Gasteiger partial charge in [0.25, 0.3) is 10.0 Å². The zero-order valence-electron chi connectivity index (χ0n) is 16.3. The van der Waals surface area contributed by atoms with Crippen LogP contribution in [-0.2, 0) is 16.4 Å². The fourth-order valence-electron chi connectivity index (χ4n) is 3.41. The Hall–Kier alpha value is -2.18. The highest BCUT2D eigenvalue weighted by Crippen LogP contribution is 2.36. The Morgan fingerprint density at radius 2 is 1.57 bits per heavy atom. The summed E-state index contributed by atoms with van der Waals surface area (Å²) in [6.07, 6.45) is 2.97. The van der Waals surface area contributed by atoms with Gasteiger partial charge in [-0.15, -0.1) is 0 Å². The fourth-order valence-corrected chi connectivity index (χ4v) is 6.07. The number of sulfonamides is 1. The van der Waals surface area contributed by atoms with Gasteiger partial charge in [-0.25, -0.2) is 8.42 Å². The number of hydrogen-bond acceptors (Lipinski definition) is 4. The number of aryl methyl sites for hydroxylation is 1. The third-order valence-electron chi connectivity index (χ3n) is 4.70. The van der Waals surface area contributed by atoms with Gasteiger partial charge in [-0.05, 0) is 44.2 Å². The number of benzene rings is 2. The molecule has 6 heteroatoms. The number of thiocarbonyl (C=S) groups is 1. The molecule has 0 aliphatic carbocycles. The zero-order chi connectivity index (χ0) is 20.1. The molecule has 0 saturated carbocycles. The van der Waals surface area contributed by atoms with Gasteiger partial charge in [0.2, 0.25) is 0 Å². The molecular formula is C22H26N2O2S2. The smallest absolute Gasteiger partial charge is 0.268 e. The lowest BCUT2D eigenvalue weighted by molar-refractivity contribution is 0.487. The highest BCUT2D eigenvalue weighted by Gasteiger charge is 2.42. The van der Waals surface area contributed by atoms with Gasteiger partial charge >= 0.3 is 0 Å². The normalized spacial score (nSPS) is 16.1. The molecule has 1 aliphatic rings. The molecule has 0 spiro atoms. The second kappa shape index (κ2) is 8.88. The van der Waals surface area contributed by atoms with Crippen LogP contribution < -0.4 is 5.32 Å². The molecule has 4 nitrogen and oxygen atoms in total. The SMILES string of the molecule is CC(C)N1C(=S)C(NCCCCc2ccccc2)=C(c2ccccc2)S1(=O)=O. The number of rotatable bonds is 8. The third-order valence-corrected chi connectivity index (χ3v) is 7.29. The van der Waals surface area contributed by atoms with Crippen molar-refractivity contribution >= 4 is 32.1 Å². The van der Waals surface area contributed by atoms with Crippen molar-refractivity contribution in [2.75, 3.05) is 6.54 Å². The summed E-state index contributed by atoms with van der Waals surface area (Å²) in [5, 5.41) is 3.32. The van der Waals surface area contributed by atoms with E-state index in [0.717, 1.165) is 19.3 Å². The first-order chi connectivity index (χ1) is 13.4. The van der Waals surface area contributed by atoms with Crippen molar-refractivity contribution in [3.63, 3.8) is 0 Å². The van der Waals surface area contributed by atoms with Crippen molar-refractivity contribution in [1.82, 2.24) is 9.62 Å². The standard InChI is InChI=1S/C22H26N2O2S2/c1-17(2)24-22(27)20(21(28(24,25)26)19-14-7-4-8-15-19)23-16-10-9-13-18-11-5-3-6-12-18/h3-8,11-12,14-15,17,23H,9-10,13,16H2,1-2H3. The maximum atomic E-state index is 13.2. The summed E-state index contributed by atoms with van der Waals surface area (Å²) < 4.78 is 27.7. The fraction of sp³-hybridized carbons (Fsp3) is 0.318. The molecule has 0 saturated heterocycles. The van der Waals surface area contributed by atoms with E-state index in [0.29, 0.717) is 22.8 Å². The van der Waals surface area contributed by atoms with E-state index in [-0.39, 0.29) is 10.9 Å². The van der Waals surface area contributed by atoms with Crippen LogP contribution in [0.4, 0.5) is 0 Å². The first kappa shape index (κ1) is 20.6. The van der Waals surface area contributed by atoms with Crippen molar-refractivity contribution in [3.05, 3.63) is 77.5 Å². The molecule has 2 aromatic carbocycles. The van der Waals surface area contributed by atoms with E-state index < -0.39 is 10.0 Å². The van der Waals surface area contributed by atoms with Gasteiger partial charge < -0.3 is 5.32 Å². The van der Waals surface area contributed by atoms with Crippen molar-refractivity contribution in [3.8, 4) is 0 Å². The van der Waals surface area contributed by atoms with E-state index in [1.807, 2.05) is 62.4 Å². The van der Waals surface area contributed by atoms with Crippen molar-refractivity contribution in [2.24, 2.45) is 0 Å². The van der Waals surface area contributed by atoms with Crippen LogP contribution in [0, 0.1) is 0 Å². The Labute approximate surface area is 173 Å². The van der Waals surface area contributed by atoms with Crippen LogP contribution in [0.2, 0.25) is 0 Å². The average molecular weight is 415 g/mol. The maximum absolute atomic E-state index is 13.2. The molecule has 0 bridgehead atoms. The molecule has 28 heavy (non-hydrogen) atoms. The molecular weight excluding hydrogens is 388 g/mol. The minimum absolute atomic E-state index is 0.228. The van der Waals surface area contributed by atoms with Crippen molar-refractivity contribution < 1.29 is 8.42 Å². The summed E-state index contributed by atoms with van der Waals surface area (Å²) >= 11 is 5.55. The van der Waals surface area contributed by atoms with Gasteiger partial charge in [0.05, 0.1) is 5.70 Å². The minimum Gasteiger partial charge on any atom is -0.381 e. The van der Waals surface area contributed by atoms with Gasteiger partial charge in [0, 0.05) is 12.6 Å². The quantitative estimate of drug-likeness (QED) is 0.515. The first-order valence-electron chi connectivity index (χ1n) is 9.59. The zero-order valence-corrected chi connectivity index (χ0v) is 17.9. The highest BCUT2D eigenvalue weighted by molar-refractivity contribution is 8.01. The van der Waals surface area contributed by atoms with E-state index in [9.17, 15) is 8.42 Å². The largest absolute Gasteiger partial charge is 0.381 e. The average Bonchev–Trinajstić information content (AvgIpc) is 2.88. The summed E-state index contributed by atoms with van der Waals surface area (Å²) in [6.45, 7) is 4.37. The van der Waals surface area contributed by atoms with E-state index in [2.05, 4.69) is 17.4 Å². The van der Waals surface area contributed by atoms with Gasteiger partial charge in [0.1, 0.15) is 9.89 Å². The molecule has 0 atom stereocenters. The molecule has 0 amide bonds. The predicted molar refractivity (Wildman–Crippen MR) is 119 cm³/mol. The van der Waals surface area contributed by atoms with E-state index >= 15 is 0 Å². The summed E-state index contributed by atoms with van der Waals surface area (Å²) in [6, 6.07) is 19.3. The second-order valence-electron chi connectivity index (χ2n) is 7.14. The number of nitrogens with one attached hydrogen (secondary N) is 1. The third kappa shape index (κ3) is 4.28. The number of hydrogen-bond donors (Lipinski definition) is 1. The first-order valence-corrected chi connectivity index (χ1v) is 11.4. The molecule has 0 unspecified atom stereocenters. The Kier molecular flexibility index (Phi) is 6.52. The van der Waals surface area contributed by atoms with Crippen LogP contribution in [0.3, 0.4) is 0 Å². The van der Waals surface area contributed by atoms with Crippen LogP contribution in [0.25, 0.3) is 4.91 Å². The predicted octanol–water partition coefficient (Wildman–Crippen LogP) is 4.35. The Morgan fingerprint density at radius 1 is 0.964 bits per heavy atom. The van der Waals surface area contributed by atoms with Crippen LogP contribution in [0.15, 0.2) is 66.4 Å². The van der Waals surface area contributed by atoms with Crippen molar-refractivity contribution in [2.45, 2.75) is 39.2 Å². The summed E-state index contributed by atoms with van der Waals surface area (Å²) in [5.41, 5.74) is 2.53. The molecule has 0 fully saturated rings.